The maximum Gasteiger partial charge on any atom is 0.407 e. The van der Waals surface area contributed by atoms with Gasteiger partial charge in [0.05, 0.1) is 55.1 Å². The molecule has 6 rings (SSSR count). The largest absolute Gasteiger partial charge is 0.453 e. The fraction of sp³-hybridized carbons (Fsp3) is 0.474. The second-order valence-electron chi connectivity index (χ2n) is 14.2. The van der Waals surface area contributed by atoms with E-state index in [0.717, 1.165) is 70.6 Å². The van der Waals surface area contributed by atoms with Crippen molar-refractivity contribution in [3.8, 4) is 22.4 Å². The van der Waals surface area contributed by atoms with Gasteiger partial charge in [0.15, 0.2) is 0 Å². The van der Waals surface area contributed by atoms with E-state index in [1.165, 1.54) is 14.2 Å². The third-order valence-electron chi connectivity index (χ3n) is 10.2. The quantitative estimate of drug-likeness (QED) is 0.162. The van der Waals surface area contributed by atoms with Crippen molar-refractivity contribution < 1.29 is 28.7 Å². The number of amides is 4. The van der Waals surface area contributed by atoms with Crippen LogP contribution in [0.3, 0.4) is 0 Å². The number of nitrogens with zero attached hydrogens (tertiary/aromatic N) is 4. The first-order chi connectivity index (χ1) is 25.0. The summed E-state index contributed by atoms with van der Waals surface area (Å²) >= 11 is 0. The van der Waals surface area contributed by atoms with Crippen LogP contribution in [-0.2, 0) is 19.1 Å². The minimum Gasteiger partial charge on any atom is -0.453 e. The summed E-state index contributed by atoms with van der Waals surface area (Å²) in [4.78, 5) is 71.2. The number of H-pyrrole nitrogens is 2. The van der Waals surface area contributed by atoms with Crippen LogP contribution in [0.15, 0.2) is 48.8 Å². The molecule has 2 aliphatic rings. The molecule has 4 amide bonds. The number of hydrogen-bond acceptors (Lipinski definition) is 8. The summed E-state index contributed by atoms with van der Waals surface area (Å²) in [6, 6.07) is 12.4. The molecule has 4 aromatic rings. The summed E-state index contributed by atoms with van der Waals surface area (Å²) in [6.07, 6.45) is 3.64. The minimum absolute atomic E-state index is 0.113. The Morgan fingerprint density at radius 2 is 1.31 bits per heavy atom. The molecule has 0 bridgehead atoms. The number of likely N-dealkylation sites (tertiary alicyclic amines) is 2. The molecule has 0 unspecified atom stereocenters. The van der Waals surface area contributed by atoms with Gasteiger partial charge in [-0.15, -0.1) is 0 Å². The van der Waals surface area contributed by atoms with E-state index in [1.807, 2.05) is 61.8 Å². The zero-order chi connectivity index (χ0) is 37.1. The first-order valence-corrected chi connectivity index (χ1v) is 17.9. The molecule has 4 atom stereocenters. The monoisotopic (exact) mass is 712 g/mol. The Balaban J connectivity index is 1.19. The Morgan fingerprint density at radius 1 is 0.769 bits per heavy atom. The number of benzene rings is 2. The van der Waals surface area contributed by atoms with Gasteiger partial charge in [-0.2, -0.15) is 0 Å². The third kappa shape index (κ3) is 7.32. The van der Waals surface area contributed by atoms with Crippen molar-refractivity contribution >= 4 is 35.0 Å². The van der Waals surface area contributed by atoms with Gasteiger partial charge in [-0.3, -0.25) is 9.59 Å². The fourth-order valence-corrected chi connectivity index (χ4v) is 7.38. The Kier molecular flexibility index (Phi) is 10.8. The van der Waals surface area contributed by atoms with Gasteiger partial charge in [-0.1, -0.05) is 58.0 Å². The highest BCUT2D eigenvalue weighted by Crippen LogP contribution is 2.38. The van der Waals surface area contributed by atoms with Gasteiger partial charge in [0.25, 0.3) is 0 Å². The van der Waals surface area contributed by atoms with Crippen LogP contribution in [-0.4, -0.2) is 93.1 Å². The number of nitrogens with one attached hydrogen (secondary N) is 4. The van der Waals surface area contributed by atoms with E-state index in [2.05, 4.69) is 43.8 Å². The molecule has 0 aliphatic carbocycles. The van der Waals surface area contributed by atoms with E-state index in [9.17, 15) is 19.2 Å². The van der Waals surface area contributed by atoms with Crippen molar-refractivity contribution in [1.29, 1.82) is 0 Å². The lowest BCUT2D eigenvalue weighted by atomic mass is 9.99. The standard InChI is InChI=1S/C38H48N8O6/c1-21(2)30(43-37(49)51-5)35(47)45-17-7-9-28(45)33-32(39-20-40-33)24-13-11-23(12-14-24)25-15-16-26-27(19-25)42-34(41-26)29-10-8-18-46(29)36(48)31(22(3)4)44-38(50)52-6/h11-16,19-22,28-31H,7-10,17-18H2,1-6H3,(H,39,40)(H,41,42)(H,43,49)(H,44,50)/t28-,29-,30-,31-/m0/s1. The number of hydrogen-bond donors (Lipinski definition) is 4. The molecule has 4 N–H and O–H groups in total. The van der Waals surface area contributed by atoms with Crippen molar-refractivity contribution in [2.24, 2.45) is 11.8 Å². The summed E-state index contributed by atoms with van der Waals surface area (Å²) in [6.45, 7) is 8.77. The first kappa shape index (κ1) is 36.4. The molecule has 2 aromatic heterocycles. The number of aromatic amines is 2. The van der Waals surface area contributed by atoms with Crippen molar-refractivity contribution in [1.82, 2.24) is 40.4 Å². The summed E-state index contributed by atoms with van der Waals surface area (Å²) in [5.41, 5.74) is 6.26. The molecule has 14 heteroatoms. The van der Waals surface area contributed by atoms with Crippen LogP contribution in [0.4, 0.5) is 9.59 Å². The first-order valence-electron chi connectivity index (χ1n) is 17.9. The smallest absolute Gasteiger partial charge is 0.407 e. The molecule has 52 heavy (non-hydrogen) atoms. The molecule has 2 aliphatic heterocycles. The molecular weight excluding hydrogens is 664 g/mol. The molecule has 4 heterocycles. The van der Waals surface area contributed by atoms with Crippen molar-refractivity contribution in [3.05, 3.63) is 60.3 Å². The number of methoxy groups -OCH3 is 2. The number of carbonyl (C=O) groups is 4. The van der Waals surface area contributed by atoms with Gasteiger partial charge < -0.3 is 39.9 Å². The minimum atomic E-state index is -0.700. The number of rotatable bonds is 10. The molecule has 0 radical (unpaired) electrons. The van der Waals surface area contributed by atoms with Crippen LogP contribution in [0.25, 0.3) is 33.4 Å². The van der Waals surface area contributed by atoms with Crippen LogP contribution in [0.5, 0.6) is 0 Å². The van der Waals surface area contributed by atoms with Crippen molar-refractivity contribution in [2.75, 3.05) is 27.3 Å². The Labute approximate surface area is 303 Å². The second-order valence-corrected chi connectivity index (χ2v) is 14.2. The second kappa shape index (κ2) is 15.5. The average molecular weight is 713 g/mol. The lowest BCUT2D eigenvalue weighted by Gasteiger charge is -2.30. The number of fused-ring (bicyclic) bond motifs is 1. The summed E-state index contributed by atoms with van der Waals surface area (Å²) in [7, 11) is 2.58. The predicted molar refractivity (Wildman–Crippen MR) is 195 cm³/mol. The van der Waals surface area contributed by atoms with Crippen LogP contribution >= 0.6 is 0 Å². The summed E-state index contributed by atoms with van der Waals surface area (Å²) in [5.74, 6) is 0.207. The van der Waals surface area contributed by atoms with Crippen LogP contribution in [0.1, 0.15) is 77.0 Å². The molecule has 2 saturated heterocycles. The van der Waals surface area contributed by atoms with E-state index in [0.29, 0.717) is 13.1 Å². The van der Waals surface area contributed by atoms with Gasteiger partial charge in [0, 0.05) is 18.7 Å². The van der Waals surface area contributed by atoms with Crippen LogP contribution in [0.2, 0.25) is 0 Å². The van der Waals surface area contributed by atoms with E-state index in [1.54, 1.807) is 6.33 Å². The molecule has 0 saturated carbocycles. The molecule has 276 valence electrons. The lowest BCUT2D eigenvalue weighted by Crippen LogP contribution is -2.51. The Bertz CT molecular complexity index is 1920. The third-order valence-corrected chi connectivity index (χ3v) is 10.2. The van der Waals surface area contributed by atoms with E-state index >= 15 is 0 Å². The molecular formula is C38H48N8O6. The van der Waals surface area contributed by atoms with Crippen molar-refractivity contribution in [2.45, 2.75) is 77.5 Å². The number of carbonyl (C=O) groups excluding carboxylic acids is 4. The highest BCUT2D eigenvalue weighted by molar-refractivity contribution is 5.88. The average Bonchev–Trinajstić information content (AvgIpc) is 3.97. The van der Waals surface area contributed by atoms with Crippen LogP contribution in [0, 0.1) is 11.8 Å². The summed E-state index contributed by atoms with van der Waals surface area (Å²) in [5, 5.41) is 5.41. The van der Waals surface area contributed by atoms with Gasteiger partial charge >= 0.3 is 12.2 Å². The summed E-state index contributed by atoms with van der Waals surface area (Å²) < 4.78 is 9.54. The zero-order valence-electron chi connectivity index (χ0n) is 30.6. The zero-order valence-corrected chi connectivity index (χ0v) is 30.6. The molecule has 14 nitrogen and oxygen atoms in total. The van der Waals surface area contributed by atoms with E-state index in [-0.39, 0.29) is 35.7 Å². The predicted octanol–water partition coefficient (Wildman–Crippen LogP) is 5.71. The maximum absolute atomic E-state index is 13.7. The Hall–Kier alpha value is -5.40. The maximum atomic E-state index is 13.7. The number of aromatic nitrogens is 4. The number of ether oxygens (including phenoxy) is 2. The SMILES string of the molecule is COC(=O)N[C@H](C(=O)N1CCC[C@H]1c1nc2ccc(-c3ccc(-c4nc[nH]c4[C@@H]4CCCN4C(=O)[C@@H](NC(=O)OC)C(C)C)cc3)cc2[nH]1)C(C)C. The fourth-order valence-electron chi connectivity index (χ4n) is 7.38. The van der Waals surface area contributed by atoms with Crippen LogP contribution < -0.4 is 10.6 Å². The van der Waals surface area contributed by atoms with E-state index in [4.69, 9.17) is 14.5 Å². The van der Waals surface area contributed by atoms with Gasteiger partial charge in [0.1, 0.15) is 17.9 Å². The number of alkyl carbamates (subject to hydrolysis) is 2. The van der Waals surface area contributed by atoms with Gasteiger partial charge in [-0.05, 0) is 60.8 Å². The highest BCUT2D eigenvalue weighted by Gasteiger charge is 2.39. The van der Waals surface area contributed by atoms with Crippen molar-refractivity contribution in [3.63, 3.8) is 0 Å². The molecule has 0 spiro atoms. The van der Waals surface area contributed by atoms with E-state index < -0.39 is 24.3 Å². The number of imidazole rings is 2. The normalized spacial score (nSPS) is 18.5. The lowest BCUT2D eigenvalue weighted by molar-refractivity contribution is -0.136. The molecule has 2 aromatic carbocycles. The molecule has 2 fully saturated rings. The van der Waals surface area contributed by atoms with Gasteiger partial charge in [0.2, 0.25) is 11.8 Å². The van der Waals surface area contributed by atoms with Gasteiger partial charge in [-0.25, -0.2) is 19.6 Å². The Morgan fingerprint density at radius 3 is 1.88 bits per heavy atom. The highest BCUT2D eigenvalue weighted by atomic mass is 16.5. The topological polar surface area (TPSA) is 175 Å².